The van der Waals surface area contributed by atoms with E-state index in [0.717, 1.165) is 25.7 Å². The van der Waals surface area contributed by atoms with E-state index in [9.17, 15) is 14.0 Å². The third-order valence-electron chi connectivity index (χ3n) is 4.09. The van der Waals surface area contributed by atoms with Gasteiger partial charge in [0, 0.05) is 17.0 Å². The van der Waals surface area contributed by atoms with Gasteiger partial charge in [-0.2, -0.15) is 4.39 Å². The lowest BCUT2D eigenvalue weighted by atomic mass is 10.1. The van der Waals surface area contributed by atoms with Crippen LogP contribution in [0.2, 0.25) is 0 Å². The standard InChI is InChI=1S/C20H25FO5/c1-13(2)19(22)25-11-7-5-4-6-10-24-15-8-9-16-14(3)18(21)20(23)26-17(16)12-15/h8-9,12-13H,4-7,10-11H2,1-3H3. The number of aryl methyl sites for hydroxylation is 1. The molecule has 1 aromatic carbocycles. The van der Waals surface area contributed by atoms with Crippen LogP contribution in [0.3, 0.4) is 0 Å². The smallest absolute Gasteiger partial charge is 0.372 e. The number of fused-ring (bicyclic) bond motifs is 1. The number of halogens is 1. The average Bonchev–Trinajstić information content (AvgIpc) is 2.61. The summed E-state index contributed by atoms with van der Waals surface area (Å²) in [5, 5.41) is 0.561. The summed E-state index contributed by atoms with van der Waals surface area (Å²) in [6.45, 7) is 6.16. The number of carbonyl (C=O) groups excluding carboxylic acids is 1. The van der Waals surface area contributed by atoms with Crippen molar-refractivity contribution >= 4 is 16.9 Å². The number of rotatable bonds is 9. The summed E-state index contributed by atoms with van der Waals surface area (Å²) in [6, 6.07) is 5.03. The van der Waals surface area contributed by atoms with Gasteiger partial charge in [-0.3, -0.25) is 4.79 Å². The monoisotopic (exact) mass is 364 g/mol. The first kappa shape index (κ1) is 19.9. The Labute approximate surface area is 152 Å². The van der Waals surface area contributed by atoms with Gasteiger partial charge in [-0.05, 0) is 44.7 Å². The maximum Gasteiger partial charge on any atom is 0.372 e. The lowest BCUT2D eigenvalue weighted by Crippen LogP contribution is -2.12. The molecule has 2 rings (SSSR count). The van der Waals surface area contributed by atoms with Gasteiger partial charge in [0.15, 0.2) is 0 Å². The topological polar surface area (TPSA) is 65.7 Å². The summed E-state index contributed by atoms with van der Waals surface area (Å²) in [5.41, 5.74) is -0.371. The van der Waals surface area contributed by atoms with Crippen molar-refractivity contribution in [2.24, 2.45) is 5.92 Å². The molecule has 0 unspecified atom stereocenters. The summed E-state index contributed by atoms with van der Waals surface area (Å²) < 4.78 is 29.3. The lowest BCUT2D eigenvalue weighted by Gasteiger charge is -2.08. The van der Waals surface area contributed by atoms with Crippen LogP contribution in [0.15, 0.2) is 27.4 Å². The molecule has 0 aliphatic heterocycles. The van der Waals surface area contributed by atoms with Crippen LogP contribution in [0.5, 0.6) is 5.75 Å². The first-order valence-corrected chi connectivity index (χ1v) is 8.92. The highest BCUT2D eigenvalue weighted by Crippen LogP contribution is 2.23. The van der Waals surface area contributed by atoms with E-state index in [2.05, 4.69) is 0 Å². The minimum atomic E-state index is -0.967. The van der Waals surface area contributed by atoms with Crippen LogP contribution in [-0.2, 0) is 9.53 Å². The van der Waals surface area contributed by atoms with E-state index in [-0.39, 0.29) is 17.5 Å². The summed E-state index contributed by atoms with van der Waals surface area (Å²) in [6.07, 6.45) is 3.62. The molecule has 142 valence electrons. The van der Waals surface area contributed by atoms with E-state index in [0.29, 0.717) is 29.9 Å². The number of hydrogen-bond donors (Lipinski definition) is 0. The second-order valence-corrected chi connectivity index (χ2v) is 6.57. The molecule has 0 saturated heterocycles. The van der Waals surface area contributed by atoms with Crippen molar-refractivity contribution in [1.82, 2.24) is 0 Å². The third-order valence-corrected chi connectivity index (χ3v) is 4.09. The van der Waals surface area contributed by atoms with E-state index < -0.39 is 11.4 Å². The summed E-state index contributed by atoms with van der Waals surface area (Å²) in [7, 11) is 0. The van der Waals surface area contributed by atoms with Gasteiger partial charge in [0.1, 0.15) is 11.3 Å². The third kappa shape index (κ3) is 5.31. The molecule has 26 heavy (non-hydrogen) atoms. The Morgan fingerprint density at radius 3 is 2.54 bits per heavy atom. The van der Waals surface area contributed by atoms with Crippen LogP contribution >= 0.6 is 0 Å². The molecule has 0 N–H and O–H groups in total. The second-order valence-electron chi connectivity index (χ2n) is 6.57. The van der Waals surface area contributed by atoms with Crippen LogP contribution in [0.25, 0.3) is 11.0 Å². The molecular formula is C20H25FO5. The minimum Gasteiger partial charge on any atom is -0.493 e. The first-order valence-electron chi connectivity index (χ1n) is 8.92. The Bertz CT molecular complexity index is 810. The van der Waals surface area contributed by atoms with Crippen LogP contribution < -0.4 is 10.4 Å². The summed E-state index contributed by atoms with van der Waals surface area (Å²) >= 11 is 0. The molecule has 0 amide bonds. The summed E-state index contributed by atoms with van der Waals surface area (Å²) in [5.74, 6) is -0.524. The molecule has 0 bridgehead atoms. The van der Waals surface area contributed by atoms with Gasteiger partial charge >= 0.3 is 11.6 Å². The van der Waals surface area contributed by atoms with E-state index in [1.165, 1.54) is 0 Å². The van der Waals surface area contributed by atoms with Crippen molar-refractivity contribution in [2.75, 3.05) is 13.2 Å². The Kier molecular flexibility index (Phi) is 7.18. The molecule has 0 fully saturated rings. The van der Waals surface area contributed by atoms with Gasteiger partial charge in [-0.15, -0.1) is 0 Å². The molecule has 0 aliphatic carbocycles. The van der Waals surface area contributed by atoms with Crippen molar-refractivity contribution in [3.05, 3.63) is 40.0 Å². The molecule has 5 nitrogen and oxygen atoms in total. The summed E-state index contributed by atoms with van der Waals surface area (Å²) in [4.78, 5) is 22.7. The molecule has 0 spiro atoms. The number of carbonyl (C=O) groups is 1. The van der Waals surface area contributed by atoms with Gasteiger partial charge in [0.05, 0.1) is 19.1 Å². The van der Waals surface area contributed by atoms with E-state index in [4.69, 9.17) is 13.9 Å². The normalized spacial score (nSPS) is 11.1. The van der Waals surface area contributed by atoms with Crippen LogP contribution in [0.1, 0.15) is 45.1 Å². The Balaban J connectivity index is 1.72. The minimum absolute atomic E-state index is 0.0879. The zero-order valence-corrected chi connectivity index (χ0v) is 15.5. The Hall–Kier alpha value is -2.37. The first-order chi connectivity index (χ1) is 12.4. The lowest BCUT2D eigenvalue weighted by molar-refractivity contribution is -0.147. The molecule has 6 heteroatoms. The largest absolute Gasteiger partial charge is 0.493 e. The maximum atomic E-state index is 13.6. The quantitative estimate of drug-likeness (QED) is 0.375. The maximum absolute atomic E-state index is 13.6. The van der Waals surface area contributed by atoms with Gasteiger partial charge in [-0.25, -0.2) is 4.79 Å². The van der Waals surface area contributed by atoms with Gasteiger partial charge in [0.25, 0.3) is 0 Å². The van der Waals surface area contributed by atoms with E-state index >= 15 is 0 Å². The highest BCUT2D eigenvalue weighted by Gasteiger charge is 2.11. The van der Waals surface area contributed by atoms with Crippen molar-refractivity contribution in [2.45, 2.75) is 46.5 Å². The number of benzene rings is 1. The van der Waals surface area contributed by atoms with E-state index in [1.807, 2.05) is 13.8 Å². The number of hydrogen-bond acceptors (Lipinski definition) is 5. The fraction of sp³-hybridized carbons (Fsp3) is 0.500. The zero-order chi connectivity index (χ0) is 19.1. The predicted octanol–water partition coefficient (Wildman–Crippen LogP) is 4.38. The molecule has 1 aromatic heterocycles. The van der Waals surface area contributed by atoms with Crippen molar-refractivity contribution in [1.29, 1.82) is 0 Å². The highest BCUT2D eigenvalue weighted by atomic mass is 19.1. The number of ether oxygens (including phenoxy) is 2. The molecule has 0 atom stereocenters. The van der Waals surface area contributed by atoms with Gasteiger partial charge in [0.2, 0.25) is 5.82 Å². The second kappa shape index (κ2) is 9.36. The number of esters is 1. The van der Waals surface area contributed by atoms with Crippen LogP contribution in [0.4, 0.5) is 4.39 Å². The fourth-order valence-electron chi connectivity index (χ4n) is 2.49. The average molecular weight is 364 g/mol. The van der Waals surface area contributed by atoms with Gasteiger partial charge < -0.3 is 13.9 Å². The molecule has 2 aromatic rings. The number of unbranched alkanes of at least 4 members (excludes halogenated alkanes) is 3. The van der Waals surface area contributed by atoms with Crippen LogP contribution in [0, 0.1) is 18.7 Å². The molecule has 0 radical (unpaired) electrons. The van der Waals surface area contributed by atoms with Crippen molar-refractivity contribution in [3.8, 4) is 5.75 Å². The predicted molar refractivity (Wildman–Crippen MR) is 96.9 cm³/mol. The molecule has 0 saturated carbocycles. The Morgan fingerprint density at radius 2 is 1.85 bits per heavy atom. The molecule has 1 heterocycles. The van der Waals surface area contributed by atoms with E-state index in [1.54, 1.807) is 25.1 Å². The highest BCUT2D eigenvalue weighted by molar-refractivity contribution is 5.81. The zero-order valence-electron chi connectivity index (χ0n) is 15.5. The fourth-order valence-corrected chi connectivity index (χ4v) is 2.49. The van der Waals surface area contributed by atoms with Crippen LogP contribution in [-0.4, -0.2) is 19.2 Å². The molecule has 0 aliphatic rings. The van der Waals surface area contributed by atoms with Crippen molar-refractivity contribution in [3.63, 3.8) is 0 Å². The molecular weight excluding hydrogens is 339 g/mol. The SMILES string of the molecule is Cc1c(F)c(=O)oc2cc(OCCCCCCOC(=O)C(C)C)ccc12. The van der Waals surface area contributed by atoms with Crippen molar-refractivity contribution < 1.29 is 23.1 Å². The van der Waals surface area contributed by atoms with Gasteiger partial charge in [-0.1, -0.05) is 13.8 Å². The Morgan fingerprint density at radius 1 is 1.15 bits per heavy atom.